The van der Waals surface area contributed by atoms with Crippen LogP contribution in [0, 0.1) is 0 Å². The monoisotopic (exact) mass is 223 g/mol. The summed E-state index contributed by atoms with van der Waals surface area (Å²) in [6, 6.07) is 3.44. The average Bonchev–Trinajstić information content (AvgIpc) is 2.32. The molecule has 5 nitrogen and oxygen atoms in total. The lowest BCUT2D eigenvalue weighted by Crippen LogP contribution is -2.04. The van der Waals surface area contributed by atoms with Gasteiger partial charge in [-0.3, -0.25) is 0 Å². The number of pyridine rings is 1. The number of hydrogen-bond acceptors (Lipinski definition) is 5. The van der Waals surface area contributed by atoms with Crippen LogP contribution in [0.4, 0.5) is 0 Å². The topological polar surface area (TPSA) is 49.8 Å². The molecule has 0 bridgehead atoms. The van der Waals surface area contributed by atoms with Crippen molar-refractivity contribution >= 4 is 0 Å². The van der Waals surface area contributed by atoms with E-state index in [-0.39, 0.29) is 13.6 Å². The van der Waals surface area contributed by atoms with Crippen LogP contribution < -0.4 is 9.47 Å². The third-order valence-corrected chi connectivity index (χ3v) is 1.52. The van der Waals surface area contributed by atoms with E-state index in [2.05, 4.69) is 18.1 Å². The first-order valence-corrected chi connectivity index (χ1v) is 4.54. The van der Waals surface area contributed by atoms with E-state index in [0.29, 0.717) is 11.6 Å². The molecule has 0 amide bonds. The van der Waals surface area contributed by atoms with Crippen LogP contribution in [0.2, 0.25) is 0 Å². The second-order valence-electron chi connectivity index (χ2n) is 2.50. The first kappa shape index (κ1) is 11.9. The van der Waals surface area contributed by atoms with Crippen molar-refractivity contribution in [3.8, 4) is 11.6 Å². The van der Waals surface area contributed by atoms with Crippen LogP contribution in [0.15, 0.2) is 44.0 Å². The summed E-state index contributed by atoms with van der Waals surface area (Å²) in [5, 5.41) is 0. The van der Waals surface area contributed by atoms with Gasteiger partial charge in [0.05, 0.1) is 12.5 Å². The average molecular weight is 223 g/mol. The fourth-order valence-corrected chi connectivity index (χ4v) is 0.878. The molecule has 0 aliphatic heterocycles. The van der Waals surface area contributed by atoms with Gasteiger partial charge in [0.1, 0.15) is 0 Å². The van der Waals surface area contributed by atoms with Crippen molar-refractivity contribution in [1.29, 1.82) is 0 Å². The molecule has 1 aromatic heterocycles. The zero-order chi connectivity index (χ0) is 11.6. The number of ether oxygens (including phenoxy) is 4. The molecular weight excluding hydrogens is 210 g/mol. The lowest BCUT2D eigenvalue weighted by Gasteiger charge is -2.10. The third kappa shape index (κ3) is 3.91. The summed E-state index contributed by atoms with van der Waals surface area (Å²) >= 11 is 0. The summed E-state index contributed by atoms with van der Waals surface area (Å²) in [6.45, 7) is 6.86. The van der Waals surface area contributed by atoms with Crippen molar-refractivity contribution in [2.24, 2.45) is 0 Å². The molecule has 0 aromatic carbocycles. The first-order valence-electron chi connectivity index (χ1n) is 4.54. The zero-order valence-corrected chi connectivity index (χ0v) is 8.80. The van der Waals surface area contributed by atoms with E-state index in [0.717, 1.165) is 0 Å². The summed E-state index contributed by atoms with van der Waals surface area (Å²) in [5.41, 5.74) is 0. The minimum Gasteiger partial charge on any atom is -0.466 e. The van der Waals surface area contributed by atoms with Crippen LogP contribution in [-0.2, 0) is 9.47 Å². The van der Waals surface area contributed by atoms with Gasteiger partial charge in [-0.1, -0.05) is 13.2 Å². The standard InChI is InChI=1S/C11H13NO4/c1-3-13-8-15-10-6-5-7-12-11(10)16-9-14-4-2/h3-7H,1-2,8-9H2. The van der Waals surface area contributed by atoms with Gasteiger partial charge in [-0.05, 0) is 12.1 Å². The summed E-state index contributed by atoms with van der Waals surface area (Å²) in [6.07, 6.45) is 4.16. The number of aromatic nitrogens is 1. The summed E-state index contributed by atoms with van der Waals surface area (Å²) in [5.74, 6) is 0.800. The summed E-state index contributed by atoms with van der Waals surface area (Å²) in [4.78, 5) is 3.99. The Kier molecular flexibility index (Phi) is 5.33. The third-order valence-electron chi connectivity index (χ3n) is 1.52. The summed E-state index contributed by atoms with van der Waals surface area (Å²) in [7, 11) is 0. The van der Waals surface area contributed by atoms with Gasteiger partial charge >= 0.3 is 0 Å². The highest BCUT2D eigenvalue weighted by Crippen LogP contribution is 2.23. The molecule has 0 atom stereocenters. The Balaban J connectivity index is 2.52. The predicted octanol–water partition coefficient (Wildman–Crippen LogP) is 2.07. The molecule has 0 aliphatic rings. The van der Waals surface area contributed by atoms with E-state index in [1.54, 1.807) is 18.3 Å². The quantitative estimate of drug-likeness (QED) is 0.383. The largest absolute Gasteiger partial charge is 0.466 e. The Bertz CT molecular complexity index is 308. The molecule has 0 unspecified atom stereocenters. The van der Waals surface area contributed by atoms with Gasteiger partial charge < -0.3 is 18.9 Å². The predicted molar refractivity (Wildman–Crippen MR) is 57.8 cm³/mol. The van der Waals surface area contributed by atoms with Gasteiger partial charge in [-0.25, -0.2) is 4.98 Å². The highest BCUT2D eigenvalue weighted by molar-refractivity contribution is 5.32. The lowest BCUT2D eigenvalue weighted by molar-refractivity contribution is 0.0559. The zero-order valence-electron chi connectivity index (χ0n) is 8.80. The van der Waals surface area contributed by atoms with Crippen molar-refractivity contribution in [2.45, 2.75) is 0 Å². The maximum Gasteiger partial charge on any atom is 0.260 e. The molecule has 1 heterocycles. The minimum atomic E-state index is 0.0270. The SMILES string of the molecule is C=COCOc1cccnc1OCOC=C. The van der Waals surface area contributed by atoms with Gasteiger partial charge in [0, 0.05) is 6.20 Å². The lowest BCUT2D eigenvalue weighted by atomic mass is 10.4. The second kappa shape index (κ2) is 7.17. The molecule has 16 heavy (non-hydrogen) atoms. The molecule has 0 saturated carbocycles. The number of rotatable bonds is 8. The van der Waals surface area contributed by atoms with E-state index in [1.807, 2.05) is 0 Å². The Hall–Kier alpha value is -2.17. The van der Waals surface area contributed by atoms with Gasteiger partial charge in [-0.15, -0.1) is 0 Å². The van der Waals surface area contributed by atoms with Crippen molar-refractivity contribution in [3.05, 3.63) is 44.0 Å². The maximum atomic E-state index is 5.25. The van der Waals surface area contributed by atoms with E-state index in [9.17, 15) is 0 Å². The Morgan fingerprint density at radius 1 is 1.12 bits per heavy atom. The van der Waals surface area contributed by atoms with Crippen LogP contribution in [0.25, 0.3) is 0 Å². The maximum absolute atomic E-state index is 5.25. The molecule has 0 spiro atoms. The van der Waals surface area contributed by atoms with Crippen LogP contribution in [0.1, 0.15) is 0 Å². The molecule has 0 N–H and O–H groups in total. The molecule has 0 fully saturated rings. The smallest absolute Gasteiger partial charge is 0.260 e. The van der Waals surface area contributed by atoms with E-state index >= 15 is 0 Å². The highest BCUT2D eigenvalue weighted by atomic mass is 16.7. The molecule has 0 saturated heterocycles. The molecule has 1 aromatic rings. The number of hydrogen-bond donors (Lipinski definition) is 0. The Labute approximate surface area is 93.9 Å². The number of nitrogens with zero attached hydrogens (tertiary/aromatic N) is 1. The fourth-order valence-electron chi connectivity index (χ4n) is 0.878. The fraction of sp³-hybridized carbons (Fsp3) is 0.182. The molecule has 0 radical (unpaired) electrons. The van der Waals surface area contributed by atoms with Gasteiger partial charge in [0.2, 0.25) is 13.6 Å². The highest BCUT2D eigenvalue weighted by Gasteiger charge is 2.05. The normalized spacial score (nSPS) is 9.00. The van der Waals surface area contributed by atoms with Crippen molar-refractivity contribution in [3.63, 3.8) is 0 Å². The van der Waals surface area contributed by atoms with E-state index in [4.69, 9.17) is 18.9 Å². The van der Waals surface area contributed by atoms with Gasteiger partial charge in [0.15, 0.2) is 5.75 Å². The van der Waals surface area contributed by atoms with E-state index < -0.39 is 0 Å². The molecule has 5 heteroatoms. The van der Waals surface area contributed by atoms with Gasteiger partial charge in [-0.2, -0.15) is 0 Å². The van der Waals surface area contributed by atoms with Crippen molar-refractivity contribution in [2.75, 3.05) is 13.6 Å². The summed E-state index contributed by atoms with van der Waals surface area (Å²) < 4.78 is 20.1. The Morgan fingerprint density at radius 3 is 2.50 bits per heavy atom. The van der Waals surface area contributed by atoms with Gasteiger partial charge in [0.25, 0.3) is 5.88 Å². The van der Waals surface area contributed by atoms with E-state index in [1.165, 1.54) is 12.5 Å². The van der Waals surface area contributed by atoms with Crippen LogP contribution in [-0.4, -0.2) is 18.6 Å². The van der Waals surface area contributed by atoms with Crippen LogP contribution in [0.5, 0.6) is 11.6 Å². The van der Waals surface area contributed by atoms with Crippen LogP contribution in [0.3, 0.4) is 0 Å². The first-order chi connectivity index (χ1) is 7.88. The molecule has 1 rings (SSSR count). The van der Waals surface area contributed by atoms with Crippen molar-refractivity contribution in [1.82, 2.24) is 4.98 Å². The molecule has 0 aliphatic carbocycles. The second-order valence-corrected chi connectivity index (χ2v) is 2.50. The Morgan fingerprint density at radius 2 is 1.81 bits per heavy atom. The minimum absolute atomic E-state index is 0.0270. The van der Waals surface area contributed by atoms with Crippen LogP contribution >= 0.6 is 0 Å². The molecular formula is C11H13NO4. The van der Waals surface area contributed by atoms with Crippen molar-refractivity contribution < 1.29 is 18.9 Å². The molecule has 86 valence electrons.